The second-order valence-corrected chi connectivity index (χ2v) is 6.04. The molecule has 0 aromatic heterocycles. The van der Waals surface area contributed by atoms with E-state index >= 15 is 0 Å². The summed E-state index contributed by atoms with van der Waals surface area (Å²) in [5.74, 6) is -2.34. The molecule has 0 spiro atoms. The van der Waals surface area contributed by atoms with Gasteiger partial charge in [-0.2, -0.15) is 0 Å². The van der Waals surface area contributed by atoms with Gasteiger partial charge < -0.3 is 14.8 Å². The van der Waals surface area contributed by atoms with E-state index in [1.165, 1.54) is 30.3 Å². The Labute approximate surface area is 160 Å². The zero-order chi connectivity index (χ0) is 20.8. The molecule has 146 valence electrons. The molecule has 0 bridgehead atoms. The summed E-state index contributed by atoms with van der Waals surface area (Å²) in [5, 5.41) is 13.8. The monoisotopic (exact) mass is 386 g/mol. The number of carbonyl (C=O) groups is 3. The number of methoxy groups -OCH3 is 1. The van der Waals surface area contributed by atoms with Gasteiger partial charge in [0.15, 0.2) is 0 Å². The summed E-state index contributed by atoms with van der Waals surface area (Å²) < 4.78 is 9.67. The number of carbonyl (C=O) groups excluding carboxylic acids is 3. The highest BCUT2D eigenvalue weighted by atomic mass is 16.6. The molecule has 9 heteroatoms. The number of nitrogens with zero attached hydrogens (tertiary/aromatic N) is 1. The minimum atomic E-state index is -0.855. The van der Waals surface area contributed by atoms with Crippen LogP contribution in [0.25, 0.3) is 0 Å². The van der Waals surface area contributed by atoms with E-state index in [-0.39, 0.29) is 28.7 Å². The summed E-state index contributed by atoms with van der Waals surface area (Å²) in [4.78, 5) is 46.0. The number of ether oxygens (including phenoxy) is 2. The van der Waals surface area contributed by atoms with Crippen LogP contribution in [0, 0.1) is 16.0 Å². The van der Waals surface area contributed by atoms with Gasteiger partial charge in [-0.1, -0.05) is 13.8 Å². The molecule has 0 saturated carbocycles. The van der Waals surface area contributed by atoms with Gasteiger partial charge in [0.05, 0.1) is 23.2 Å². The number of benzene rings is 2. The highest BCUT2D eigenvalue weighted by Crippen LogP contribution is 2.29. The average Bonchev–Trinajstić information content (AvgIpc) is 2.67. The largest absolute Gasteiger partial charge is 0.465 e. The van der Waals surface area contributed by atoms with Crippen molar-refractivity contribution in [1.29, 1.82) is 0 Å². The molecule has 0 saturated heterocycles. The number of anilines is 1. The maximum absolute atomic E-state index is 12.3. The van der Waals surface area contributed by atoms with Crippen molar-refractivity contribution in [3.63, 3.8) is 0 Å². The van der Waals surface area contributed by atoms with Gasteiger partial charge in [0.25, 0.3) is 0 Å². The summed E-state index contributed by atoms with van der Waals surface area (Å²) in [6.45, 7) is 3.49. The van der Waals surface area contributed by atoms with Gasteiger partial charge in [0.2, 0.25) is 11.7 Å². The molecule has 2 rings (SSSR count). The van der Waals surface area contributed by atoms with Crippen LogP contribution in [0.5, 0.6) is 5.75 Å². The Kier molecular flexibility index (Phi) is 6.43. The third-order valence-electron chi connectivity index (χ3n) is 3.69. The fraction of sp³-hybridized carbons (Fsp3) is 0.211. The Hall–Kier alpha value is -3.75. The molecule has 0 aliphatic rings. The maximum Gasteiger partial charge on any atom is 0.343 e. The first-order chi connectivity index (χ1) is 13.2. The number of nitro benzene ring substituents is 1. The van der Waals surface area contributed by atoms with Crippen molar-refractivity contribution in [1.82, 2.24) is 0 Å². The van der Waals surface area contributed by atoms with Gasteiger partial charge in [-0.25, -0.2) is 9.59 Å². The Balaban J connectivity index is 2.23. The van der Waals surface area contributed by atoms with Crippen molar-refractivity contribution >= 4 is 29.2 Å². The molecule has 9 nitrogen and oxygen atoms in total. The summed E-state index contributed by atoms with van der Waals surface area (Å²) in [5.41, 5.74) is 0.138. The molecule has 1 N–H and O–H groups in total. The third kappa shape index (κ3) is 4.91. The van der Waals surface area contributed by atoms with Crippen LogP contribution in [0.2, 0.25) is 0 Å². The standard InChI is InChI=1S/C19H18N2O7/c1-11(2)17(22)20-14-7-4-12(5-8-14)19(24)28-16-10-13(18(23)27-3)6-9-15(16)21(25)26/h4-11H,1-3H3,(H,20,22). The lowest BCUT2D eigenvalue weighted by atomic mass is 10.1. The van der Waals surface area contributed by atoms with Crippen molar-refractivity contribution in [2.24, 2.45) is 5.92 Å². The number of nitrogens with one attached hydrogen (secondary N) is 1. The van der Waals surface area contributed by atoms with Crippen LogP contribution in [0.1, 0.15) is 34.6 Å². The molecular formula is C19H18N2O7. The molecule has 28 heavy (non-hydrogen) atoms. The quantitative estimate of drug-likeness (QED) is 0.350. The van der Waals surface area contributed by atoms with E-state index in [1.807, 2.05) is 0 Å². The van der Waals surface area contributed by atoms with Crippen molar-refractivity contribution in [2.75, 3.05) is 12.4 Å². The lowest BCUT2D eigenvalue weighted by Gasteiger charge is -2.09. The smallest absolute Gasteiger partial charge is 0.343 e. The Morgan fingerprint density at radius 2 is 1.61 bits per heavy atom. The molecule has 0 atom stereocenters. The van der Waals surface area contributed by atoms with Crippen LogP contribution in [0.4, 0.5) is 11.4 Å². The summed E-state index contributed by atoms with van der Waals surface area (Å²) >= 11 is 0. The number of esters is 2. The van der Waals surface area contributed by atoms with Crippen molar-refractivity contribution in [3.8, 4) is 5.75 Å². The zero-order valence-electron chi connectivity index (χ0n) is 15.4. The molecular weight excluding hydrogens is 368 g/mol. The van der Waals surface area contributed by atoms with Crippen LogP contribution < -0.4 is 10.1 Å². The number of nitro groups is 1. The Morgan fingerprint density at radius 3 is 2.14 bits per heavy atom. The highest BCUT2D eigenvalue weighted by Gasteiger charge is 2.21. The van der Waals surface area contributed by atoms with E-state index in [0.29, 0.717) is 5.69 Å². The fourth-order valence-corrected chi connectivity index (χ4v) is 2.13. The van der Waals surface area contributed by atoms with Crippen molar-refractivity contribution < 1.29 is 28.8 Å². The number of hydrogen-bond acceptors (Lipinski definition) is 7. The van der Waals surface area contributed by atoms with Crippen LogP contribution in [0.15, 0.2) is 42.5 Å². The van der Waals surface area contributed by atoms with E-state index in [9.17, 15) is 24.5 Å². The first-order valence-electron chi connectivity index (χ1n) is 8.22. The minimum absolute atomic E-state index is 0.00245. The molecule has 0 aliphatic heterocycles. The summed E-state index contributed by atoms with van der Waals surface area (Å²) in [6, 6.07) is 9.17. The van der Waals surface area contributed by atoms with Crippen molar-refractivity contribution in [2.45, 2.75) is 13.8 Å². The molecule has 0 heterocycles. The highest BCUT2D eigenvalue weighted by molar-refractivity contribution is 5.95. The fourth-order valence-electron chi connectivity index (χ4n) is 2.13. The first-order valence-corrected chi connectivity index (χ1v) is 8.22. The molecule has 0 fully saturated rings. The summed E-state index contributed by atoms with van der Waals surface area (Å²) in [6.07, 6.45) is 0. The molecule has 2 aromatic rings. The molecule has 1 amide bonds. The summed E-state index contributed by atoms with van der Waals surface area (Å²) in [7, 11) is 1.16. The van der Waals surface area contributed by atoms with Crippen LogP contribution in [0.3, 0.4) is 0 Å². The van der Waals surface area contributed by atoms with Gasteiger partial charge in [-0.15, -0.1) is 0 Å². The average molecular weight is 386 g/mol. The lowest BCUT2D eigenvalue weighted by Crippen LogP contribution is -2.17. The van der Waals surface area contributed by atoms with Gasteiger partial charge in [0, 0.05) is 23.7 Å². The Morgan fingerprint density at radius 1 is 1.00 bits per heavy atom. The predicted molar refractivity (Wildman–Crippen MR) is 99.3 cm³/mol. The van der Waals surface area contributed by atoms with Crippen LogP contribution in [-0.4, -0.2) is 29.9 Å². The normalized spacial score (nSPS) is 10.3. The molecule has 0 unspecified atom stereocenters. The third-order valence-corrected chi connectivity index (χ3v) is 3.69. The lowest BCUT2D eigenvalue weighted by molar-refractivity contribution is -0.385. The van der Waals surface area contributed by atoms with E-state index in [1.54, 1.807) is 13.8 Å². The Bertz CT molecular complexity index is 920. The zero-order valence-corrected chi connectivity index (χ0v) is 15.4. The number of amides is 1. The molecule has 2 aromatic carbocycles. The second-order valence-electron chi connectivity index (χ2n) is 6.04. The predicted octanol–water partition coefficient (Wildman–Crippen LogP) is 3.20. The van der Waals surface area contributed by atoms with Crippen LogP contribution >= 0.6 is 0 Å². The maximum atomic E-state index is 12.3. The molecule has 0 aliphatic carbocycles. The number of rotatable bonds is 6. The van der Waals surface area contributed by atoms with Crippen LogP contribution in [-0.2, 0) is 9.53 Å². The van der Waals surface area contributed by atoms with Gasteiger partial charge in [0.1, 0.15) is 0 Å². The van der Waals surface area contributed by atoms with Crippen molar-refractivity contribution in [3.05, 3.63) is 63.7 Å². The van der Waals surface area contributed by atoms with E-state index < -0.39 is 22.5 Å². The SMILES string of the molecule is COC(=O)c1ccc([N+](=O)[O-])c(OC(=O)c2ccc(NC(=O)C(C)C)cc2)c1. The topological polar surface area (TPSA) is 125 Å². The van der Waals surface area contributed by atoms with Gasteiger partial charge >= 0.3 is 17.6 Å². The number of hydrogen-bond donors (Lipinski definition) is 1. The van der Waals surface area contributed by atoms with Gasteiger partial charge in [-0.3, -0.25) is 14.9 Å². The molecule has 0 radical (unpaired) electrons. The second kappa shape index (κ2) is 8.76. The van der Waals surface area contributed by atoms with E-state index in [4.69, 9.17) is 4.74 Å². The van der Waals surface area contributed by atoms with Gasteiger partial charge in [-0.05, 0) is 30.3 Å². The first kappa shape index (κ1) is 20.6. The minimum Gasteiger partial charge on any atom is -0.465 e. The van der Waals surface area contributed by atoms with E-state index in [0.717, 1.165) is 19.2 Å². The van der Waals surface area contributed by atoms with E-state index in [2.05, 4.69) is 10.1 Å².